The van der Waals surface area contributed by atoms with Crippen LogP contribution in [0.25, 0.3) is 0 Å². The van der Waals surface area contributed by atoms with E-state index in [4.69, 9.17) is 5.41 Å². The average Bonchev–Trinajstić information content (AvgIpc) is 2.64. The van der Waals surface area contributed by atoms with Gasteiger partial charge in [-0.25, -0.2) is 13.2 Å². The van der Waals surface area contributed by atoms with Gasteiger partial charge in [0.15, 0.2) is 0 Å². The number of aromatic nitrogens is 2. The normalized spacial score (nSPS) is 12.3. The number of nitrogens with one attached hydrogen (secondary N) is 3. The molecule has 0 aliphatic rings. The zero-order valence-electron chi connectivity index (χ0n) is 16.6. The SMILES string of the molecule is CC(C)C(Nc1nc(N(C)C)[nH]c(=O)c1C(=N)CO)c1ccc(C(F)F)c(F)c1. The van der Waals surface area contributed by atoms with E-state index in [1.807, 2.05) is 13.8 Å². The van der Waals surface area contributed by atoms with Crippen LogP contribution in [0.5, 0.6) is 0 Å². The quantitative estimate of drug-likeness (QED) is 0.500. The van der Waals surface area contributed by atoms with E-state index in [1.165, 1.54) is 6.07 Å². The van der Waals surface area contributed by atoms with E-state index >= 15 is 0 Å². The number of rotatable bonds is 8. The van der Waals surface area contributed by atoms with Crippen LogP contribution in [0.4, 0.5) is 24.9 Å². The molecule has 0 aliphatic carbocycles. The fraction of sp³-hybridized carbons (Fsp3) is 0.421. The van der Waals surface area contributed by atoms with Crippen LogP contribution in [0.15, 0.2) is 23.0 Å². The molecule has 0 saturated carbocycles. The number of hydrogen-bond donors (Lipinski definition) is 4. The van der Waals surface area contributed by atoms with Crippen molar-refractivity contribution in [3.05, 3.63) is 51.1 Å². The van der Waals surface area contributed by atoms with Gasteiger partial charge in [-0.15, -0.1) is 0 Å². The second-order valence-electron chi connectivity index (χ2n) is 7.09. The molecular weight excluding hydrogens is 387 g/mol. The van der Waals surface area contributed by atoms with Crippen LogP contribution in [-0.4, -0.2) is 41.5 Å². The Morgan fingerprint density at radius 1 is 1.34 bits per heavy atom. The monoisotopic (exact) mass is 411 g/mol. The number of halogens is 3. The number of H-pyrrole nitrogens is 1. The van der Waals surface area contributed by atoms with Crippen molar-refractivity contribution in [2.24, 2.45) is 5.92 Å². The topological polar surface area (TPSA) is 105 Å². The summed E-state index contributed by atoms with van der Waals surface area (Å²) in [6, 6.07) is 2.85. The third kappa shape index (κ3) is 4.94. The number of hydrogen-bond acceptors (Lipinski definition) is 6. The van der Waals surface area contributed by atoms with Crippen LogP contribution in [0, 0.1) is 17.1 Å². The first-order chi connectivity index (χ1) is 13.6. The summed E-state index contributed by atoms with van der Waals surface area (Å²) in [7, 11) is 3.33. The maximum atomic E-state index is 14.1. The lowest BCUT2D eigenvalue weighted by molar-refractivity contribution is 0.146. The average molecular weight is 411 g/mol. The van der Waals surface area contributed by atoms with Crippen LogP contribution >= 0.6 is 0 Å². The van der Waals surface area contributed by atoms with Gasteiger partial charge in [0, 0.05) is 14.1 Å². The van der Waals surface area contributed by atoms with Crippen LogP contribution < -0.4 is 15.8 Å². The van der Waals surface area contributed by atoms with Gasteiger partial charge in [0.2, 0.25) is 5.95 Å². The summed E-state index contributed by atoms with van der Waals surface area (Å²) in [4.78, 5) is 20.9. The molecule has 0 spiro atoms. The van der Waals surface area contributed by atoms with E-state index in [0.29, 0.717) is 5.56 Å². The summed E-state index contributed by atoms with van der Waals surface area (Å²) in [6.07, 6.45) is -2.93. The van der Waals surface area contributed by atoms with Gasteiger partial charge in [0.05, 0.1) is 23.9 Å². The predicted octanol–water partition coefficient (Wildman–Crippen LogP) is 3.08. The lowest BCUT2D eigenvalue weighted by Crippen LogP contribution is -2.29. The number of aliphatic hydroxyl groups is 1. The van der Waals surface area contributed by atoms with E-state index in [0.717, 1.165) is 12.1 Å². The Kier molecular flexibility index (Phi) is 7.02. The number of anilines is 2. The Balaban J connectivity index is 2.56. The molecule has 0 amide bonds. The summed E-state index contributed by atoms with van der Waals surface area (Å²) in [5.74, 6) is -0.921. The smallest absolute Gasteiger partial charge is 0.266 e. The van der Waals surface area contributed by atoms with E-state index in [2.05, 4.69) is 15.3 Å². The fourth-order valence-electron chi connectivity index (χ4n) is 2.83. The minimum Gasteiger partial charge on any atom is -0.390 e. The fourth-order valence-corrected chi connectivity index (χ4v) is 2.83. The molecular formula is C19H24F3N5O2. The summed E-state index contributed by atoms with van der Waals surface area (Å²) in [6.45, 7) is 2.98. The first-order valence-electron chi connectivity index (χ1n) is 8.91. The summed E-state index contributed by atoms with van der Waals surface area (Å²) in [5, 5.41) is 20.3. The Labute approximate surface area is 166 Å². The third-order valence-corrected chi connectivity index (χ3v) is 4.37. The minimum atomic E-state index is -2.93. The first-order valence-corrected chi connectivity index (χ1v) is 8.91. The Bertz CT molecular complexity index is 944. The van der Waals surface area contributed by atoms with Crippen molar-refractivity contribution < 1.29 is 18.3 Å². The standard InChI is InChI=1S/C19H24F3N5O2/c1-9(2)15(10-5-6-11(16(21)22)12(20)7-10)24-17-14(13(23)8-28)18(29)26-19(25-17)27(3)4/h5-7,9,15-16,23,28H,8H2,1-4H3,(H2,24,25,26,29). The van der Waals surface area contributed by atoms with Crippen molar-refractivity contribution in [1.82, 2.24) is 9.97 Å². The van der Waals surface area contributed by atoms with Gasteiger partial charge < -0.3 is 20.7 Å². The summed E-state index contributed by atoms with van der Waals surface area (Å²) >= 11 is 0. The van der Waals surface area contributed by atoms with Crippen molar-refractivity contribution >= 4 is 17.5 Å². The van der Waals surface area contributed by atoms with Gasteiger partial charge in [-0.3, -0.25) is 9.78 Å². The number of aliphatic hydroxyl groups excluding tert-OH is 1. The van der Waals surface area contributed by atoms with E-state index in [-0.39, 0.29) is 29.0 Å². The Hall–Kier alpha value is -2.88. The first kappa shape index (κ1) is 22.4. The third-order valence-electron chi connectivity index (χ3n) is 4.37. The van der Waals surface area contributed by atoms with Crippen LogP contribution in [0.1, 0.15) is 43.0 Å². The van der Waals surface area contributed by atoms with Crippen LogP contribution in [0.2, 0.25) is 0 Å². The molecule has 2 rings (SSSR count). The van der Waals surface area contributed by atoms with E-state index in [9.17, 15) is 23.1 Å². The summed E-state index contributed by atoms with van der Waals surface area (Å²) < 4.78 is 39.8. The molecule has 0 bridgehead atoms. The highest BCUT2D eigenvalue weighted by molar-refractivity contribution is 6.02. The molecule has 158 valence electrons. The molecule has 7 nitrogen and oxygen atoms in total. The lowest BCUT2D eigenvalue weighted by Gasteiger charge is -2.26. The molecule has 1 heterocycles. The van der Waals surface area contributed by atoms with E-state index in [1.54, 1.807) is 19.0 Å². The zero-order chi connectivity index (χ0) is 21.9. The van der Waals surface area contributed by atoms with Gasteiger partial charge in [-0.1, -0.05) is 26.0 Å². The van der Waals surface area contributed by atoms with E-state index < -0.39 is 36.0 Å². The molecule has 1 atom stereocenters. The number of nitrogens with zero attached hydrogens (tertiary/aromatic N) is 2. The zero-order valence-corrected chi connectivity index (χ0v) is 16.6. The predicted molar refractivity (Wildman–Crippen MR) is 106 cm³/mol. The second-order valence-corrected chi connectivity index (χ2v) is 7.09. The Morgan fingerprint density at radius 3 is 2.48 bits per heavy atom. The van der Waals surface area contributed by atoms with Gasteiger partial charge in [-0.05, 0) is 17.5 Å². The largest absolute Gasteiger partial charge is 0.390 e. The van der Waals surface area contributed by atoms with Crippen molar-refractivity contribution in [3.8, 4) is 0 Å². The molecule has 0 radical (unpaired) electrons. The molecule has 1 aromatic heterocycles. The van der Waals surface area contributed by atoms with Crippen molar-refractivity contribution in [2.75, 3.05) is 30.9 Å². The van der Waals surface area contributed by atoms with Crippen molar-refractivity contribution in [3.63, 3.8) is 0 Å². The molecule has 4 N–H and O–H groups in total. The maximum Gasteiger partial charge on any atom is 0.266 e. The highest BCUT2D eigenvalue weighted by Crippen LogP contribution is 2.30. The van der Waals surface area contributed by atoms with Crippen LogP contribution in [0.3, 0.4) is 0 Å². The van der Waals surface area contributed by atoms with Gasteiger partial charge in [0.1, 0.15) is 17.2 Å². The Morgan fingerprint density at radius 2 is 2.00 bits per heavy atom. The maximum absolute atomic E-state index is 14.1. The highest BCUT2D eigenvalue weighted by atomic mass is 19.3. The molecule has 1 unspecified atom stereocenters. The van der Waals surface area contributed by atoms with Gasteiger partial charge in [-0.2, -0.15) is 4.98 Å². The molecule has 10 heteroatoms. The molecule has 1 aromatic carbocycles. The molecule has 0 fully saturated rings. The molecule has 2 aromatic rings. The van der Waals surface area contributed by atoms with Gasteiger partial charge >= 0.3 is 0 Å². The van der Waals surface area contributed by atoms with Gasteiger partial charge in [0.25, 0.3) is 12.0 Å². The van der Waals surface area contributed by atoms with Crippen molar-refractivity contribution in [1.29, 1.82) is 5.41 Å². The number of benzene rings is 1. The molecule has 0 aliphatic heterocycles. The van der Waals surface area contributed by atoms with Crippen molar-refractivity contribution in [2.45, 2.75) is 26.3 Å². The summed E-state index contributed by atoms with van der Waals surface area (Å²) in [5.41, 5.74) is -1.41. The number of alkyl halides is 2. The highest BCUT2D eigenvalue weighted by Gasteiger charge is 2.24. The van der Waals surface area contributed by atoms with Crippen LogP contribution in [-0.2, 0) is 0 Å². The minimum absolute atomic E-state index is 0.0357. The molecule has 29 heavy (non-hydrogen) atoms. The second kappa shape index (κ2) is 9.08. The molecule has 0 saturated heterocycles. The lowest BCUT2D eigenvalue weighted by atomic mass is 9.94. The number of aromatic amines is 1.